The maximum absolute atomic E-state index is 10.9. The Kier molecular flexibility index (Phi) is 3.87. The van der Waals surface area contributed by atoms with E-state index in [1.807, 2.05) is 30.3 Å². The molecular formula is C10H9KO. The number of carbonyl (C=O) groups is 1. The molecule has 0 bridgehead atoms. The van der Waals surface area contributed by atoms with E-state index in [9.17, 15) is 4.79 Å². The van der Waals surface area contributed by atoms with Crippen LogP contribution in [0.5, 0.6) is 0 Å². The van der Waals surface area contributed by atoms with Crippen molar-refractivity contribution in [1.29, 1.82) is 0 Å². The van der Waals surface area contributed by atoms with Crippen molar-refractivity contribution in [2.75, 3.05) is 0 Å². The summed E-state index contributed by atoms with van der Waals surface area (Å²) < 4.78 is 0. The number of benzene rings is 1. The number of hydrogen-bond donors (Lipinski definition) is 0. The molecule has 1 nitrogen and oxygen atoms in total. The minimum Gasteiger partial charge on any atom is -1.00 e. The largest absolute Gasteiger partial charge is 1.00 e. The fraction of sp³-hybridized carbons (Fsp3) is 0.100. The first kappa shape index (κ1) is 10.3. The maximum Gasteiger partial charge on any atom is 1.00 e. The van der Waals surface area contributed by atoms with Gasteiger partial charge in [-0.3, -0.25) is 4.79 Å². The van der Waals surface area contributed by atoms with Gasteiger partial charge in [-0.1, -0.05) is 30.3 Å². The van der Waals surface area contributed by atoms with Crippen LogP contribution in [0.2, 0.25) is 0 Å². The molecule has 1 aromatic rings. The zero-order valence-electron chi connectivity index (χ0n) is 8.08. The summed E-state index contributed by atoms with van der Waals surface area (Å²) in [5.41, 5.74) is 2.31. The normalized spacial score (nSPS) is 13.5. The number of allylic oxidation sites excluding steroid dienone is 1. The summed E-state index contributed by atoms with van der Waals surface area (Å²) in [4.78, 5) is 10.9. The van der Waals surface area contributed by atoms with Crippen LogP contribution in [0, 0.1) is 0 Å². The van der Waals surface area contributed by atoms with Crippen LogP contribution < -0.4 is 51.4 Å². The van der Waals surface area contributed by atoms with Gasteiger partial charge in [0, 0.05) is 6.42 Å². The Morgan fingerprint density at radius 3 is 2.75 bits per heavy atom. The zero-order chi connectivity index (χ0) is 7.68. The second-order valence-electron chi connectivity index (χ2n) is 2.68. The van der Waals surface area contributed by atoms with E-state index in [-0.39, 0.29) is 58.6 Å². The van der Waals surface area contributed by atoms with E-state index in [4.69, 9.17) is 0 Å². The average molecular weight is 184 g/mol. The molecule has 0 spiro atoms. The third-order valence-electron chi connectivity index (χ3n) is 1.87. The number of ketones is 1. The Morgan fingerprint density at radius 1 is 1.17 bits per heavy atom. The SMILES string of the molecule is O=C1C=Cc2ccccc2C1.[H-].[K+]. The van der Waals surface area contributed by atoms with Crippen LogP contribution in [-0.4, -0.2) is 5.78 Å². The summed E-state index contributed by atoms with van der Waals surface area (Å²) in [6.45, 7) is 0. The Bertz CT molecular complexity index is 333. The molecule has 0 N–H and O–H groups in total. The Hall–Kier alpha value is 0.266. The van der Waals surface area contributed by atoms with Crippen molar-refractivity contribution in [2.45, 2.75) is 6.42 Å². The number of carbonyl (C=O) groups excluding carboxylic acids is 1. The van der Waals surface area contributed by atoms with E-state index in [0.29, 0.717) is 6.42 Å². The molecule has 0 fully saturated rings. The van der Waals surface area contributed by atoms with E-state index >= 15 is 0 Å². The van der Waals surface area contributed by atoms with E-state index in [1.165, 1.54) is 5.56 Å². The topological polar surface area (TPSA) is 17.1 Å². The second-order valence-corrected chi connectivity index (χ2v) is 2.68. The second kappa shape index (κ2) is 4.49. The van der Waals surface area contributed by atoms with Crippen molar-refractivity contribution in [1.82, 2.24) is 0 Å². The van der Waals surface area contributed by atoms with E-state index in [2.05, 4.69) is 0 Å². The van der Waals surface area contributed by atoms with Crippen molar-refractivity contribution in [3.63, 3.8) is 0 Å². The standard InChI is InChI=1S/C10H8O.K.H/c11-10-6-5-8-3-1-2-4-9(8)7-10;;/h1-6H,7H2;;/q;+1;-1. The molecule has 0 heterocycles. The van der Waals surface area contributed by atoms with E-state index < -0.39 is 0 Å². The Labute approximate surface area is 116 Å². The zero-order valence-corrected chi connectivity index (χ0v) is 10.2. The molecule has 1 aliphatic carbocycles. The number of hydrogen-bond acceptors (Lipinski definition) is 1. The summed E-state index contributed by atoms with van der Waals surface area (Å²) in [6, 6.07) is 7.97. The van der Waals surface area contributed by atoms with Gasteiger partial charge in [-0.25, -0.2) is 0 Å². The quantitative estimate of drug-likeness (QED) is 0.470. The first-order valence-corrected chi connectivity index (χ1v) is 3.65. The van der Waals surface area contributed by atoms with Gasteiger partial charge in [0.05, 0.1) is 0 Å². The van der Waals surface area contributed by atoms with Gasteiger partial charge in [-0.05, 0) is 17.2 Å². The molecule has 56 valence electrons. The maximum atomic E-state index is 10.9. The van der Waals surface area contributed by atoms with Crippen LogP contribution in [0.15, 0.2) is 30.3 Å². The molecule has 0 saturated heterocycles. The van der Waals surface area contributed by atoms with Gasteiger partial charge < -0.3 is 1.43 Å². The monoisotopic (exact) mass is 184 g/mol. The molecule has 12 heavy (non-hydrogen) atoms. The smallest absolute Gasteiger partial charge is 1.00 e. The van der Waals surface area contributed by atoms with Crippen LogP contribution in [-0.2, 0) is 11.2 Å². The van der Waals surface area contributed by atoms with Gasteiger partial charge in [-0.2, -0.15) is 0 Å². The van der Waals surface area contributed by atoms with E-state index in [0.717, 1.165) is 5.56 Å². The number of rotatable bonds is 0. The molecule has 0 atom stereocenters. The fourth-order valence-corrected chi connectivity index (χ4v) is 1.29. The predicted molar refractivity (Wildman–Crippen MR) is 45.3 cm³/mol. The molecular weight excluding hydrogens is 175 g/mol. The first-order valence-electron chi connectivity index (χ1n) is 3.65. The molecule has 0 saturated carbocycles. The fourth-order valence-electron chi connectivity index (χ4n) is 1.29. The molecule has 2 heteroatoms. The van der Waals surface area contributed by atoms with Crippen molar-refractivity contribution < 1.29 is 57.6 Å². The van der Waals surface area contributed by atoms with Crippen LogP contribution >= 0.6 is 0 Å². The van der Waals surface area contributed by atoms with E-state index in [1.54, 1.807) is 6.08 Å². The van der Waals surface area contributed by atoms with Crippen LogP contribution in [0.3, 0.4) is 0 Å². The predicted octanol–water partition coefficient (Wildman–Crippen LogP) is -1.06. The van der Waals surface area contributed by atoms with Crippen LogP contribution in [0.1, 0.15) is 12.6 Å². The Morgan fingerprint density at radius 2 is 1.92 bits per heavy atom. The molecule has 0 unspecified atom stereocenters. The molecule has 0 amide bonds. The minimum atomic E-state index is 0. The number of fused-ring (bicyclic) bond motifs is 1. The molecule has 1 aromatic carbocycles. The van der Waals surface area contributed by atoms with Crippen molar-refractivity contribution >= 4 is 11.9 Å². The van der Waals surface area contributed by atoms with Gasteiger partial charge in [0.2, 0.25) is 0 Å². The van der Waals surface area contributed by atoms with Gasteiger partial charge in [0.15, 0.2) is 5.78 Å². The first-order chi connectivity index (χ1) is 5.36. The van der Waals surface area contributed by atoms with Crippen molar-refractivity contribution in [2.24, 2.45) is 0 Å². The van der Waals surface area contributed by atoms with Gasteiger partial charge in [0.25, 0.3) is 0 Å². The summed E-state index contributed by atoms with van der Waals surface area (Å²) >= 11 is 0. The summed E-state index contributed by atoms with van der Waals surface area (Å²) in [7, 11) is 0. The van der Waals surface area contributed by atoms with Gasteiger partial charge >= 0.3 is 51.4 Å². The Balaban J connectivity index is 0.000000720. The van der Waals surface area contributed by atoms with Crippen molar-refractivity contribution in [3.8, 4) is 0 Å². The molecule has 0 aliphatic heterocycles. The molecule has 0 aromatic heterocycles. The van der Waals surface area contributed by atoms with Gasteiger partial charge in [-0.15, -0.1) is 0 Å². The molecule has 0 radical (unpaired) electrons. The molecule has 2 rings (SSSR count). The van der Waals surface area contributed by atoms with Crippen molar-refractivity contribution in [3.05, 3.63) is 41.5 Å². The van der Waals surface area contributed by atoms with Gasteiger partial charge in [0.1, 0.15) is 0 Å². The summed E-state index contributed by atoms with van der Waals surface area (Å²) in [5.74, 6) is 0.198. The molecule has 1 aliphatic rings. The average Bonchev–Trinajstić information content (AvgIpc) is 2.04. The third-order valence-corrected chi connectivity index (χ3v) is 1.87. The summed E-state index contributed by atoms with van der Waals surface area (Å²) in [5, 5.41) is 0. The third kappa shape index (κ3) is 2.15. The minimum absolute atomic E-state index is 0. The van der Waals surface area contributed by atoms with Crippen LogP contribution in [0.4, 0.5) is 0 Å². The van der Waals surface area contributed by atoms with Crippen LogP contribution in [0.25, 0.3) is 6.08 Å². The summed E-state index contributed by atoms with van der Waals surface area (Å²) in [6.07, 6.45) is 4.08.